The number of aryl methyl sites for hydroxylation is 1. The quantitative estimate of drug-likeness (QED) is 0.622. The number of halogens is 1. The Morgan fingerprint density at radius 3 is 2.77 bits per heavy atom. The van der Waals surface area contributed by atoms with Gasteiger partial charge in [-0.15, -0.1) is 0 Å². The summed E-state index contributed by atoms with van der Waals surface area (Å²) in [6.45, 7) is 0. The molecule has 26 heavy (non-hydrogen) atoms. The van der Waals surface area contributed by atoms with E-state index in [4.69, 9.17) is 19.9 Å². The van der Waals surface area contributed by atoms with Crippen LogP contribution in [0, 0.1) is 0 Å². The molecule has 9 nitrogen and oxygen atoms in total. The molecule has 129 valence electrons. The van der Waals surface area contributed by atoms with Gasteiger partial charge in [0.15, 0.2) is 0 Å². The summed E-state index contributed by atoms with van der Waals surface area (Å²) in [5.74, 6) is 0.437. The second-order valence-corrected chi connectivity index (χ2v) is 6.11. The van der Waals surface area contributed by atoms with Gasteiger partial charge in [-0.1, -0.05) is 0 Å². The molecular formula is C15H12ClN6O3Zn. The van der Waals surface area contributed by atoms with Crippen molar-refractivity contribution in [2.45, 2.75) is 0 Å². The van der Waals surface area contributed by atoms with Crippen LogP contribution in [0.2, 0.25) is 5.15 Å². The Balaban J connectivity index is 2.06. The number of nitrogens with one attached hydrogen (secondary N) is 1. The summed E-state index contributed by atoms with van der Waals surface area (Å²) in [5.41, 5.74) is 1.66. The topological polar surface area (TPSA) is 104 Å². The fourth-order valence-corrected chi connectivity index (χ4v) is 2.76. The third-order valence-electron chi connectivity index (χ3n) is 3.42. The Morgan fingerprint density at radius 2 is 2.12 bits per heavy atom. The van der Waals surface area contributed by atoms with Gasteiger partial charge in [-0.25, -0.2) is 0 Å². The summed E-state index contributed by atoms with van der Waals surface area (Å²) < 4.78 is 12.0. The summed E-state index contributed by atoms with van der Waals surface area (Å²) in [4.78, 5) is 16.2. The first-order valence-electron chi connectivity index (χ1n) is 7.33. The molecule has 0 spiro atoms. The van der Waals surface area contributed by atoms with Gasteiger partial charge in [0.2, 0.25) is 0 Å². The molecule has 3 aromatic rings. The van der Waals surface area contributed by atoms with Crippen LogP contribution in [-0.4, -0.2) is 38.0 Å². The molecule has 0 saturated carbocycles. The Labute approximate surface area is 163 Å². The van der Waals surface area contributed by atoms with E-state index in [0.717, 1.165) is 0 Å². The van der Waals surface area contributed by atoms with Crippen molar-refractivity contribution in [3.63, 3.8) is 0 Å². The van der Waals surface area contributed by atoms with E-state index in [1.54, 1.807) is 24.1 Å². The van der Waals surface area contributed by atoms with E-state index < -0.39 is 5.97 Å². The molecular weight excluding hydrogens is 413 g/mol. The van der Waals surface area contributed by atoms with Crippen LogP contribution in [-0.2, 0) is 29.3 Å². The fraction of sp³-hybridized carbons (Fsp3) is 0.133. The van der Waals surface area contributed by atoms with Crippen molar-refractivity contribution >= 4 is 28.9 Å². The normalized spacial score (nSPS) is 10.5. The van der Waals surface area contributed by atoms with E-state index in [1.165, 1.54) is 13.2 Å². The van der Waals surface area contributed by atoms with Crippen molar-refractivity contribution in [3.8, 4) is 17.1 Å². The first-order valence-corrected chi connectivity index (χ1v) is 8.92. The zero-order valence-corrected chi connectivity index (χ0v) is 17.7. The molecule has 0 fully saturated rings. The Morgan fingerprint density at radius 1 is 1.31 bits per heavy atom. The monoisotopic (exact) mass is 423 g/mol. The van der Waals surface area contributed by atoms with Crippen LogP contribution in [0.1, 0.15) is 10.5 Å². The average molecular weight is 425 g/mol. The standard InChI is InChI=1S/C15H13ClN6O3.Zn/c1-22-7-17-14(21-22)8-4-3-5-9(13(8)25-2)18-10-6-11(16)19-20-12(10)15(23)24;/h3-7H,1-2H3,(H,18,19)(H,23,24);/q;+1/p-1. The molecule has 0 bridgehead atoms. The summed E-state index contributed by atoms with van der Waals surface area (Å²) in [7, 11) is 3.32. The van der Waals surface area contributed by atoms with Crippen molar-refractivity contribution in [2.24, 2.45) is 7.05 Å². The van der Waals surface area contributed by atoms with Gasteiger partial charge in [0.1, 0.15) is 0 Å². The Bertz CT molecular complexity index is 964. The van der Waals surface area contributed by atoms with Crippen molar-refractivity contribution in [3.05, 3.63) is 41.4 Å². The molecule has 3 rings (SSSR count). The molecule has 0 unspecified atom stereocenters. The second-order valence-electron chi connectivity index (χ2n) is 5.11. The van der Waals surface area contributed by atoms with E-state index in [0.29, 0.717) is 47.2 Å². The summed E-state index contributed by atoms with van der Waals surface area (Å²) in [6, 6.07) is 6.93. The third kappa shape index (κ3) is 3.66. The SMILES string of the molecule is COc1c(Nc2cc(Cl)nnc2C(=O)[O][Zn])cccc1-c1ncn(C)n1. The predicted octanol–water partition coefficient (Wildman–Crippen LogP) is 2.30. The number of carbonyl (C=O) groups excluding carboxylic acids is 1. The maximum atomic E-state index is 12.0. The summed E-state index contributed by atoms with van der Waals surface area (Å²) in [5, 5.41) is 15.0. The van der Waals surface area contributed by atoms with Crippen molar-refractivity contribution in [2.75, 3.05) is 12.4 Å². The minimum atomic E-state index is -0.585. The number of carbonyl (C=O) groups is 1. The number of para-hydroxylation sites is 1. The average Bonchev–Trinajstić information content (AvgIpc) is 3.07. The number of methoxy groups -OCH3 is 1. The first-order chi connectivity index (χ1) is 12.5. The molecule has 0 aliphatic heterocycles. The zero-order valence-electron chi connectivity index (χ0n) is 13.9. The number of rotatable bonds is 5. The molecule has 0 aliphatic rings. The van der Waals surface area contributed by atoms with Gasteiger partial charge in [0.25, 0.3) is 0 Å². The van der Waals surface area contributed by atoms with Gasteiger partial charge in [0, 0.05) is 0 Å². The van der Waals surface area contributed by atoms with Crippen molar-refractivity contribution in [1.82, 2.24) is 25.0 Å². The van der Waals surface area contributed by atoms with Crippen LogP contribution >= 0.6 is 11.6 Å². The van der Waals surface area contributed by atoms with E-state index in [9.17, 15) is 4.79 Å². The van der Waals surface area contributed by atoms with Gasteiger partial charge in [-0.3, -0.25) is 0 Å². The Kier molecular flexibility index (Phi) is 5.44. The number of nitrogens with zero attached hydrogens (tertiary/aromatic N) is 5. The molecule has 2 heterocycles. The number of anilines is 2. The van der Waals surface area contributed by atoms with Gasteiger partial charge < -0.3 is 0 Å². The van der Waals surface area contributed by atoms with Crippen LogP contribution in [0.4, 0.5) is 11.4 Å². The molecule has 0 atom stereocenters. The molecule has 1 aromatic carbocycles. The minimum absolute atomic E-state index is 0.0315. The number of hydrogen-bond donors (Lipinski definition) is 1. The van der Waals surface area contributed by atoms with Gasteiger partial charge >= 0.3 is 164 Å². The number of benzene rings is 1. The third-order valence-corrected chi connectivity index (χ3v) is 4.15. The summed E-state index contributed by atoms with van der Waals surface area (Å²) >= 11 is 6.26. The van der Waals surface area contributed by atoms with E-state index >= 15 is 0 Å². The molecule has 0 aliphatic carbocycles. The van der Waals surface area contributed by atoms with Crippen LogP contribution in [0.3, 0.4) is 0 Å². The van der Waals surface area contributed by atoms with Gasteiger partial charge in [-0.05, 0) is 0 Å². The van der Waals surface area contributed by atoms with Crippen LogP contribution in [0.15, 0.2) is 30.6 Å². The van der Waals surface area contributed by atoms with Gasteiger partial charge in [0.05, 0.1) is 0 Å². The fourth-order valence-electron chi connectivity index (χ4n) is 2.32. The molecule has 0 amide bonds. The summed E-state index contributed by atoms with van der Waals surface area (Å²) in [6.07, 6.45) is 1.60. The van der Waals surface area contributed by atoms with Crippen LogP contribution < -0.4 is 10.1 Å². The zero-order chi connectivity index (χ0) is 18.7. The number of ether oxygens (including phenoxy) is 1. The van der Waals surface area contributed by atoms with Crippen molar-refractivity contribution < 1.29 is 31.8 Å². The number of hydrogen-bond acceptors (Lipinski definition) is 8. The van der Waals surface area contributed by atoms with Crippen molar-refractivity contribution in [1.29, 1.82) is 0 Å². The number of aromatic nitrogens is 5. The molecule has 0 radical (unpaired) electrons. The molecule has 2 aromatic heterocycles. The Hall–Kier alpha value is -2.58. The van der Waals surface area contributed by atoms with E-state index in [2.05, 4.69) is 25.6 Å². The van der Waals surface area contributed by atoms with E-state index in [-0.39, 0.29) is 10.8 Å². The van der Waals surface area contributed by atoms with Crippen LogP contribution in [0.25, 0.3) is 11.4 Å². The molecule has 0 saturated heterocycles. The molecule has 11 heteroatoms. The maximum absolute atomic E-state index is 12.0. The first kappa shape index (κ1) is 18.2. The second kappa shape index (κ2) is 7.76. The van der Waals surface area contributed by atoms with E-state index in [1.807, 2.05) is 12.1 Å². The predicted molar refractivity (Wildman–Crippen MR) is 88.7 cm³/mol. The van der Waals surface area contributed by atoms with Gasteiger partial charge in [-0.2, -0.15) is 0 Å². The van der Waals surface area contributed by atoms with Crippen LogP contribution in [0.5, 0.6) is 5.75 Å². The molecule has 1 N–H and O–H groups in total.